The highest BCUT2D eigenvalue weighted by atomic mass is 35.5. The molecule has 0 radical (unpaired) electrons. The van der Waals surface area contributed by atoms with Crippen molar-refractivity contribution in [2.24, 2.45) is 5.92 Å². The predicted molar refractivity (Wildman–Crippen MR) is 109 cm³/mol. The minimum absolute atomic E-state index is 0.101. The molecule has 1 saturated heterocycles. The summed E-state index contributed by atoms with van der Waals surface area (Å²) in [4.78, 5) is 13.9. The van der Waals surface area contributed by atoms with Gasteiger partial charge in [-0.2, -0.15) is 0 Å². The molecule has 1 heterocycles. The monoisotopic (exact) mass is 422 g/mol. The first-order chi connectivity index (χ1) is 13.4. The average Bonchev–Trinajstić information content (AvgIpc) is 2.67. The van der Waals surface area contributed by atoms with E-state index in [1.807, 2.05) is 18.2 Å². The van der Waals surface area contributed by atoms with Gasteiger partial charge in [0.25, 0.3) is 0 Å². The molecule has 1 aliphatic heterocycles. The molecule has 2 aromatic carbocycles. The molecule has 0 spiro atoms. The van der Waals surface area contributed by atoms with Crippen LogP contribution in [0.25, 0.3) is 0 Å². The summed E-state index contributed by atoms with van der Waals surface area (Å²) in [7, 11) is -3.44. The molecule has 2 aromatic rings. The first kappa shape index (κ1) is 20.6. The molecule has 28 heavy (non-hydrogen) atoms. The Bertz CT molecular complexity index is 897. The maximum Gasteiger partial charge on any atom is 0.415 e. The third-order valence-electron chi connectivity index (χ3n) is 4.66. The van der Waals surface area contributed by atoms with Crippen LogP contribution in [0.2, 0.25) is 5.02 Å². The molecule has 3 rings (SSSR count). The van der Waals surface area contributed by atoms with E-state index in [0.29, 0.717) is 36.0 Å². The van der Waals surface area contributed by atoms with E-state index in [1.165, 1.54) is 0 Å². The SMILES string of the molecule is O=C(Oc1ccccc1)N1CCC(CNS(=O)(=O)Cc2cccc(Cl)c2)CC1. The van der Waals surface area contributed by atoms with Crippen molar-refractivity contribution in [3.05, 3.63) is 65.2 Å². The fourth-order valence-corrected chi connectivity index (χ4v) is 4.54. The van der Waals surface area contributed by atoms with Gasteiger partial charge >= 0.3 is 6.09 Å². The number of carbonyl (C=O) groups excluding carboxylic acids is 1. The molecule has 1 amide bonds. The second kappa shape index (κ2) is 9.41. The van der Waals surface area contributed by atoms with Gasteiger partial charge in [-0.25, -0.2) is 17.9 Å². The number of nitrogens with one attached hydrogen (secondary N) is 1. The van der Waals surface area contributed by atoms with E-state index in [1.54, 1.807) is 41.3 Å². The van der Waals surface area contributed by atoms with Gasteiger partial charge in [-0.05, 0) is 48.6 Å². The van der Waals surface area contributed by atoms with Gasteiger partial charge in [0.15, 0.2) is 0 Å². The summed E-state index contributed by atoms with van der Waals surface area (Å²) in [6, 6.07) is 15.8. The van der Waals surface area contributed by atoms with Crippen LogP contribution in [0.1, 0.15) is 18.4 Å². The van der Waals surface area contributed by atoms with E-state index < -0.39 is 10.0 Å². The Kier molecular flexibility index (Phi) is 6.93. The van der Waals surface area contributed by atoms with Crippen molar-refractivity contribution in [3.63, 3.8) is 0 Å². The summed E-state index contributed by atoms with van der Waals surface area (Å²) in [5.74, 6) is 0.605. The van der Waals surface area contributed by atoms with Crippen molar-refractivity contribution in [2.75, 3.05) is 19.6 Å². The number of benzene rings is 2. The first-order valence-electron chi connectivity index (χ1n) is 9.15. The van der Waals surface area contributed by atoms with Crippen LogP contribution in [0, 0.1) is 5.92 Å². The van der Waals surface area contributed by atoms with Crippen molar-refractivity contribution in [2.45, 2.75) is 18.6 Å². The van der Waals surface area contributed by atoms with Crippen molar-refractivity contribution in [1.82, 2.24) is 9.62 Å². The molecule has 150 valence electrons. The Morgan fingerprint density at radius 1 is 1.11 bits per heavy atom. The van der Waals surface area contributed by atoms with Crippen LogP contribution in [0.5, 0.6) is 5.75 Å². The van der Waals surface area contributed by atoms with Crippen molar-refractivity contribution >= 4 is 27.7 Å². The van der Waals surface area contributed by atoms with Crippen molar-refractivity contribution < 1.29 is 17.9 Å². The van der Waals surface area contributed by atoms with Crippen molar-refractivity contribution in [3.8, 4) is 5.75 Å². The van der Waals surface area contributed by atoms with Gasteiger partial charge in [-0.15, -0.1) is 0 Å². The number of nitrogens with zero attached hydrogens (tertiary/aromatic N) is 1. The number of sulfonamides is 1. The van der Waals surface area contributed by atoms with Gasteiger partial charge in [-0.1, -0.05) is 41.9 Å². The molecule has 6 nitrogen and oxygen atoms in total. The number of piperidine rings is 1. The lowest BCUT2D eigenvalue weighted by molar-refractivity contribution is 0.131. The van der Waals surface area contributed by atoms with Gasteiger partial charge in [0.05, 0.1) is 5.75 Å². The lowest BCUT2D eigenvalue weighted by Gasteiger charge is -2.31. The topological polar surface area (TPSA) is 75.7 Å². The van der Waals surface area contributed by atoms with Gasteiger partial charge in [0, 0.05) is 24.7 Å². The maximum atomic E-state index is 12.3. The van der Waals surface area contributed by atoms with Crippen LogP contribution in [0.15, 0.2) is 54.6 Å². The van der Waals surface area contributed by atoms with Gasteiger partial charge < -0.3 is 9.64 Å². The molecule has 0 bridgehead atoms. The Hall–Kier alpha value is -2.09. The molecular weight excluding hydrogens is 400 g/mol. The summed E-state index contributed by atoms with van der Waals surface area (Å²) in [6.45, 7) is 1.46. The summed E-state index contributed by atoms with van der Waals surface area (Å²) in [6.07, 6.45) is 1.08. The Labute approximate surface area is 170 Å². The lowest BCUT2D eigenvalue weighted by Crippen LogP contribution is -2.42. The van der Waals surface area contributed by atoms with Crippen LogP contribution in [-0.4, -0.2) is 39.0 Å². The Morgan fingerprint density at radius 2 is 1.82 bits per heavy atom. The zero-order chi connectivity index (χ0) is 20.0. The molecule has 0 atom stereocenters. The number of hydrogen-bond acceptors (Lipinski definition) is 4. The molecular formula is C20H23ClN2O4S. The number of rotatable bonds is 6. The molecule has 1 aliphatic rings. The highest BCUT2D eigenvalue weighted by Gasteiger charge is 2.25. The molecule has 0 aromatic heterocycles. The number of halogens is 1. The standard InChI is InChI=1S/C20H23ClN2O4S/c21-18-6-4-5-17(13-18)15-28(25,26)22-14-16-9-11-23(12-10-16)20(24)27-19-7-2-1-3-8-19/h1-8,13,16,22H,9-12,14-15H2. The summed E-state index contributed by atoms with van der Waals surface area (Å²) in [5.41, 5.74) is 0.651. The van der Waals surface area contributed by atoms with E-state index in [-0.39, 0.29) is 17.8 Å². The van der Waals surface area contributed by atoms with E-state index in [2.05, 4.69) is 4.72 Å². The molecule has 0 unspecified atom stereocenters. The molecule has 0 aliphatic carbocycles. The zero-order valence-corrected chi connectivity index (χ0v) is 17.0. The number of carbonyl (C=O) groups is 1. The smallest absolute Gasteiger partial charge is 0.410 e. The molecule has 1 fully saturated rings. The number of hydrogen-bond donors (Lipinski definition) is 1. The number of para-hydroxylation sites is 1. The van der Waals surface area contributed by atoms with Crippen LogP contribution < -0.4 is 9.46 Å². The first-order valence-corrected chi connectivity index (χ1v) is 11.2. The van der Waals surface area contributed by atoms with E-state index >= 15 is 0 Å². The minimum Gasteiger partial charge on any atom is -0.410 e. The number of ether oxygens (including phenoxy) is 1. The molecule has 1 N–H and O–H groups in total. The zero-order valence-electron chi connectivity index (χ0n) is 15.4. The fraction of sp³-hybridized carbons (Fsp3) is 0.350. The summed E-state index contributed by atoms with van der Waals surface area (Å²) < 4.78 is 32.6. The van der Waals surface area contributed by atoms with Crippen LogP contribution in [0.3, 0.4) is 0 Å². The highest BCUT2D eigenvalue weighted by molar-refractivity contribution is 7.88. The summed E-state index contributed by atoms with van der Waals surface area (Å²) in [5, 5.41) is 0.516. The second-order valence-corrected chi connectivity index (χ2v) is 9.09. The molecule has 8 heteroatoms. The number of likely N-dealkylation sites (tertiary alicyclic amines) is 1. The van der Waals surface area contributed by atoms with Gasteiger partial charge in [-0.3, -0.25) is 0 Å². The summed E-state index contributed by atoms with van der Waals surface area (Å²) >= 11 is 5.91. The third-order valence-corrected chi connectivity index (χ3v) is 6.21. The average molecular weight is 423 g/mol. The highest BCUT2D eigenvalue weighted by Crippen LogP contribution is 2.19. The third kappa shape index (κ3) is 6.22. The fourth-order valence-electron chi connectivity index (χ4n) is 3.12. The Morgan fingerprint density at radius 3 is 2.50 bits per heavy atom. The normalized spacial score (nSPS) is 15.4. The van der Waals surface area contributed by atoms with Crippen molar-refractivity contribution in [1.29, 1.82) is 0 Å². The van der Waals surface area contributed by atoms with E-state index in [0.717, 1.165) is 12.8 Å². The second-order valence-electron chi connectivity index (χ2n) is 6.85. The lowest BCUT2D eigenvalue weighted by atomic mass is 9.97. The maximum absolute atomic E-state index is 12.3. The van der Waals surface area contributed by atoms with E-state index in [9.17, 15) is 13.2 Å². The van der Waals surface area contributed by atoms with Crippen LogP contribution in [0.4, 0.5) is 4.79 Å². The Balaban J connectivity index is 1.43. The largest absolute Gasteiger partial charge is 0.415 e. The van der Waals surface area contributed by atoms with Crippen LogP contribution in [-0.2, 0) is 15.8 Å². The predicted octanol–water partition coefficient (Wildman–Crippen LogP) is 3.67. The minimum atomic E-state index is -3.44. The van der Waals surface area contributed by atoms with Gasteiger partial charge in [0.1, 0.15) is 5.75 Å². The quantitative estimate of drug-likeness (QED) is 0.770. The van der Waals surface area contributed by atoms with E-state index in [4.69, 9.17) is 16.3 Å². The molecule has 0 saturated carbocycles. The van der Waals surface area contributed by atoms with Gasteiger partial charge in [0.2, 0.25) is 10.0 Å². The van der Waals surface area contributed by atoms with Crippen LogP contribution >= 0.6 is 11.6 Å². The number of amides is 1.